The molecule has 2 amide bonds. The third-order valence-electron chi connectivity index (χ3n) is 4.13. The summed E-state index contributed by atoms with van der Waals surface area (Å²) in [5.74, 6) is 0.592. The molecule has 0 unspecified atom stereocenters. The lowest BCUT2D eigenvalue weighted by Gasteiger charge is -2.09. The number of methoxy groups -OCH3 is 2. The van der Waals surface area contributed by atoms with Crippen LogP contribution in [0.25, 0.3) is 0 Å². The molecule has 2 N–H and O–H groups in total. The van der Waals surface area contributed by atoms with Crippen molar-refractivity contribution >= 4 is 39.6 Å². The van der Waals surface area contributed by atoms with Gasteiger partial charge in [-0.05, 0) is 47.5 Å². The molecule has 0 saturated carbocycles. The lowest BCUT2D eigenvalue weighted by atomic mass is 10.1. The molecule has 0 atom stereocenters. The first-order chi connectivity index (χ1) is 13.8. The van der Waals surface area contributed by atoms with Crippen LogP contribution in [0.2, 0.25) is 0 Å². The Balaban J connectivity index is 1.86. The normalized spacial score (nSPS) is 10.7. The fourth-order valence-electron chi connectivity index (χ4n) is 2.61. The first-order valence-electron chi connectivity index (χ1n) is 8.94. The highest BCUT2D eigenvalue weighted by atomic mass is 79.9. The highest BCUT2D eigenvalue weighted by Crippen LogP contribution is 2.31. The number of ether oxygens (including phenoxy) is 2. The Bertz CT molecular complexity index is 928. The zero-order chi connectivity index (χ0) is 21.4. The summed E-state index contributed by atoms with van der Waals surface area (Å²) in [5.41, 5.74) is 5.93. The Morgan fingerprint density at radius 1 is 1.03 bits per heavy atom. The van der Waals surface area contributed by atoms with E-state index in [1.54, 1.807) is 19.2 Å². The molecule has 8 heteroatoms. The van der Waals surface area contributed by atoms with Gasteiger partial charge < -0.3 is 14.8 Å². The summed E-state index contributed by atoms with van der Waals surface area (Å²) in [7, 11) is 3.09. The van der Waals surface area contributed by atoms with Crippen molar-refractivity contribution in [3.63, 3.8) is 0 Å². The number of carbonyl (C=O) groups is 2. The van der Waals surface area contributed by atoms with Crippen LogP contribution in [0.15, 0.2) is 39.9 Å². The van der Waals surface area contributed by atoms with Gasteiger partial charge in [-0.2, -0.15) is 5.10 Å². The number of hydrazone groups is 1. The minimum absolute atomic E-state index is 0.0253. The second-order valence-corrected chi connectivity index (χ2v) is 7.24. The molecule has 29 heavy (non-hydrogen) atoms. The SMILES string of the molecule is COc1cc(OC)c(/C=N/NC(=O)CCC(=O)Nc2ccc(C)cc2C)cc1Br. The minimum atomic E-state index is -0.358. The quantitative estimate of drug-likeness (QED) is 0.459. The molecule has 7 nitrogen and oxygen atoms in total. The number of nitrogens with zero attached hydrogens (tertiary/aromatic N) is 1. The van der Waals surface area contributed by atoms with Gasteiger partial charge >= 0.3 is 0 Å². The van der Waals surface area contributed by atoms with Crippen LogP contribution in [-0.2, 0) is 9.59 Å². The van der Waals surface area contributed by atoms with Crippen molar-refractivity contribution in [3.8, 4) is 11.5 Å². The van der Waals surface area contributed by atoms with Crippen molar-refractivity contribution < 1.29 is 19.1 Å². The highest BCUT2D eigenvalue weighted by Gasteiger charge is 2.10. The molecule has 0 aliphatic carbocycles. The zero-order valence-corrected chi connectivity index (χ0v) is 18.4. The number of hydrogen-bond donors (Lipinski definition) is 2. The van der Waals surface area contributed by atoms with Gasteiger partial charge in [0.05, 0.1) is 24.9 Å². The lowest BCUT2D eigenvalue weighted by Crippen LogP contribution is -2.21. The number of amides is 2. The Kier molecular flexibility index (Phi) is 8.21. The fourth-order valence-corrected chi connectivity index (χ4v) is 3.13. The maximum absolute atomic E-state index is 12.1. The van der Waals surface area contributed by atoms with Gasteiger partial charge in [-0.15, -0.1) is 0 Å². The Labute approximate surface area is 178 Å². The van der Waals surface area contributed by atoms with E-state index in [9.17, 15) is 9.59 Å². The second-order valence-electron chi connectivity index (χ2n) is 6.39. The van der Waals surface area contributed by atoms with E-state index in [1.807, 2.05) is 32.0 Å². The van der Waals surface area contributed by atoms with Crippen molar-refractivity contribution in [3.05, 3.63) is 51.5 Å². The third kappa shape index (κ3) is 6.60. The molecule has 2 aromatic rings. The van der Waals surface area contributed by atoms with Crippen LogP contribution in [0.5, 0.6) is 11.5 Å². The average molecular weight is 462 g/mol. The highest BCUT2D eigenvalue weighted by molar-refractivity contribution is 9.10. The Morgan fingerprint density at radius 2 is 1.72 bits per heavy atom. The Morgan fingerprint density at radius 3 is 2.38 bits per heavy atom. The molecule has 0 heterocycles. The van der Waals surface area contributed by atoms with Crippen molar-refractivity contribution in [1.29, 1.82) is 0 Å². The molecule has 0 bridgehead atoms. The van der Waals surface area contributed by atoms with Gasteiger partial charge in [-0.1, -0.05) is 17.7 Å². The molecule has 0 aliphatic heterocycles. The summed E-state index contributed by atoms with van der Waals surface area (Å²) in [6.45, 7) is 3.92. The lowest BCUT2D eigenvalue weighted by molar-refractivity contribution is -0.124. The molecule has 2 rings (SSSR count). The van der Waals surface area contributed by atoms with Gasteiger partial charge in [0.1, 0.15) is 11.5 Å². The van der Waals surface area contributed by atoms with Gasteiger partial charge in [-0.3, -0.25) is 9.59 Å². The predicted molar refractivity (Wildman–Crippen MR) is 117 cm³/mol. The predicted octanol–water partition coefficient (Wildman–Crippen LogP) is 3.95. The van der Waals surface area contributed by atoms with Crippen molar-refractivity contribution in [1.82, 2.24) is 5.43 Å². The van der Waals surface area contributed by atoms with Crippen LogP contribution in [0, 0.1) is 13.8 Å². The first-order valence-corrected chi connectivity index (χ1v) is 9.74. The standard InChI is InChI=1S/C21H24BrN3O4/c1-13-5-6-17(14(2)9-13)24-20(26)7-8-21(27)25-23-12-15-10-16(22)19(29-4)11-18(15)28-3/h5-6,9-12H,7-8H2,1-4H3,(H,24,26)(H,25,27)/b23-12+. The summed E-state index contributed by atoms with van der Waals surface area (Å²) in [5, 5.41) is 6.75. The van der Waals surface area contributed by atoms with Crippen LogP contribution in [0.4, 0.5) is 5.69 Å². The first kappa shape index (κ1) is 22.4. The number of nitrogens with one attached hydrogen (secondary N) is 2. The summed E-state index contributed by atoms with van der Waals surface area (Å²) in [6.07, 6.45) is 1.56. The number of anilines is 1. The molecular weight excluding hydrogens is 438 g/mol. The number of aryl methyl sites for hydroxylation is 2. The molecular formula is C21H24BrN3O4. The van der Waals surface area contributed by atoms with Crippen LogP contribution in [-0.4, -0.2) is 32.2 Å². The van der Waals surface area contributed by atoms with E-state index in [0.717, 1.165) is 21.3 Å². The van der Waals surface area contributed by atoms with Crippen LogP contribution in [0.3, 0.4) is 0 Å². The summed E-state index contributed by atoms with van der Waals surface area (Å²) in [6, 6.07) is 9.25. The molecule has 0 spiro atoms. The number of carbonyl (C=O) groups excluding carboxylic acids is 2. The molecule has 0 aliphatic rings. The average Bonchev–Trinajstić information content (AvgIpc) is 2.68. The van der Waals surface area contributed by atoms with Gasteiger partial charge in [0.25, 0.3) is 0 Å². The molecule has 154 valence electrons. The maximum Gasteiger partial charge on any atom is 0.240 e. The number of halogens is 1. The van der Waals surface area contributed by atoms with E-state index in [1.165, 1.54) is 13.3 Å². The zero-order valence-electron chi connectivity index (χ0n) is 16.8. The van der Waals surface area contributed by atoms with E-state index in [2.05, 4.69) is 31.8 Å². The van der Waals surface area contributed by atoms with Gasteiger partial charge in [0.15, 0.2) is 0 Å². The molecule has 0 fully saturated rings. The number of rotatable bonds is 8. The molecule has 0 saturated heterocycles. The number of benzene rings is 2. The van der Waals surface area contributed by atoms with Crippen molar-refractivity contribution in [2.45, 2.75) is 26.7 Å². The van der Waals surface area contributed by atoms with Crippen molar-refractivity contribution in [2.24, 2.45) is 5.10 Å². The topological polar surface area (TPSA) is 89.0 Å². The minimum Gasteiger partial charge on any atom is -0.496 e. The van der Waals surface area contributed by atoms with Gasteiger partial charge in [0.2, 0.25) is 11.8 Å². The summed E-state index contributed by atoms with van der Waals surface area (Å²) < 4.78 is 11.2. The van der Waals surface area contributed by atoms with E-state index in [4.69, 9.17) is 9.47 Å². The van der Waals surface area contributed by atoms with Gasteiger partial charge in [-0.25, -0.2) is 5.43 Å². The third-order valence-corrected chi connectivity index (χ3v) is 4.75. The molecule has 0 aromatic heterocycles. The van der Waals surface area contributed by atoms with E-state index in [0.29, 0.717) is 17.1 Å². The number of hydrogen-bond acceptors (Lipinski definition) is 5. The van der Waals surface area contributed by atoms with Crippen LogP contribution in [0.1, 0.15) is 29.5 Å². The maximum atomic E-state index is 12.1. The molecule has 2 aromatic carbocycles. The summed E-state index contributed by atoms with van der Waals surface area (Å²) in [4.78, 5) is 24.0. The second kappa shape index (κ2) is 10.6. The van der Waals surface area contributed by atoms with Crippen LogP contribution < -0.4 is 20.2 Å². The fraction of sp³-hybridized carbons (Fsp3) is 0.286. The van der Waals surface area contributed by atoms with E-state index >= 15 is 0 Å². The molecule has 0 radical (unpaired) electrons. The monoisotopic (exact) mass is 461 g/mol. The largest absolute Gasteiger partial charge is 0.496 e. The van der Waals surface area contributed by atoms with Crippen LogP contribution >= 0.6 is 15.9 Å². The van der Waals surface area contributed by atoms with Crippen molar-refractivity contribution in [2.75, 3.05) is 19.5 Å². The van der Waals surface area contributed by atoms with E-state index in [-0.39, 0.29) is 24.7 Å². The van der Waals surface area contributed by atoms with Gasteiger partial charge in [0, 0.05) is 30.2 Å². The smallest absolute Gasteiger partial charge is 0.240 e. The Hall–Kier alpha value is -2.87. The summed E-state index contributed by atoms with van der Waals surface area (Å²) >= 11 is 3.39. The van der Waals surface area contributed by atoms with E-state index < -0.39 is 0 Å².